The fraction of sp³-hybridized carbons (Fsp3) is 0.167. The van der Waals surface area contributed by atoms with Gasteiger partial charge in [-0.3, -0.25) is 0 Å². The van der Waals surface area contributed by atoms with Crippen molar-refractivity contribution in [2.24, 2.45) is 5.92 Å². The summed E-state index contributed by atoms with van der Waals surface area (Å²) in [5.41, 5.74) is 1.08. The van der Waals surface area contributed by atoms with E-state index in [9.17, 15) is 30.3 Å². The van der Waals surface area contributed by atoms with Gasteiger partial charge in [-0.1, -0.05) is 12.1 Å². The van der Waals surface area contributed by atoms with E-state index in [0.29, 0.717) is 11.1 Å². The van der Waals surface area contributed by atoms with Crippen LogP contribution in [0.1, 0.15) is 17.2 Å². The molecule has 0 spiro atoms. The molecular formula is C18H16O7. The fourth-order valence-electron chi connectivity index (χ4n) is 2.77. The molecule has 7 heteroatoms. The van der Waals surface area contributed by atoms with Gasteiger partial charge in [-0.05, 0) is 41.5 Å². The van der Waals surface area contributed by atoms with Crippen LogP contribution in [0.3, 0.4) is 0 Å². The molecule has 5 N–H and O–H groups in total. The normalized spacial score (nSPS) is 21.5. The lowest BCUT2D eigenvalue weighted by molar-refractivity contribution is -0.139. The zero-order valence-electron chi connectivity index (χ0n) is 13.0. The molecule has 0 aromatic heterocycles. The van der Waals surface area contributed by atoms with Crippen molar-refractivity contribution in [3.8, 4) is 23.0 Å². The molecule has 2 atom stereocenters. The number of hydrogen-bond acceptors (Lipinski definition) is 7. The first kappa shape index (κ1) is 16.7. The molecule has 1 heterocycles. The highest BCUT2D eigenvalue weighted by molar-refractivity contribution is 5.96. The van der Waals surface area contributed by atoms with Gasteiger partial charge in [-0.15, -0.1) is 0 Å². The Hall–Kier alpha value is -3.19. The summed E-state index contributed by atoms with van der Waals surface area (Å²) < 4.78 is 5.31. The number of hydrogen-bond donors (Lipinski definition) is 5. The third-order valence-corrected chi connectivity index (χ3v) is 4.08. The maximum atomic E-state index is 12.2. The molecule has 2 aromatic rings. The van der Waals surface area contributed by atoms with E-state index >= 15 is 0 Å². The van der Waals surface area contributed by atoms with E-state index in [0.717, 1.165) is 0 Å². The van der Waals surface area contributed by atoms with Crippen molar-refractivity contribution in [1.82, 2.24) is 0 Å². The van der Waals surface area contributed by atoms with Gasteiger partial charge >= 0.3 is 5.97 Å². The molecule has 25 heavy (non-hydrogen) atoms. The molecule has 7 nitrogen and oxygen atoms in total. The number of carbonyl (C=O) groups excluding carboxylic acids is 1. The average Bonchev–Trinajstić information content (AvgIpc) is 2.89. The Balaban J connectivity index is 1.97. The molecule has 0 unspecified atom stereocenters. The van der Waals surface area contributed by atoms with Crippen LogP contribution in [0.15, 0.2) is 42.0 Å². The predicted octanol–water partition coefficient (Wildman–Crippen LogP) is 1.80. The highest BCUT2D eigenvalue weighted by Crippen LogP contribution is 2.42. The lowest BCUT2D eigenvalue weighted by Crippen LogP contribution is -2.13. The molecule has 0 bridgehead atoms. The Labute approximate surface area is 142 Å². The maximum Gasteiger partial charge on any atom is 0.335 e. The number of cyclic esters (lactones) is 1. The minimum absolute atomic E-state index is 0.199. The summed E-state index contributed by atoms with van der Waals surface area (Å²) in [6.07, 6.45) is 0.642. The number of aliphatic hydroxyl groups is 1. The van der Waals surface area contributed by atoms with Crippen molar-refractivity contribution in [3.05, 3.63) is 53.1 Å². The predicted molar refractivity (Wildman–Crippen MR) is 86.9 cm³/mol. The fourth-order valence-corrected chi connectivity index (χ4v) is 2.77. The Morgan fingerprint density at radius 1 is 0.920 bits per heavy atom. The van der Waals surface area contributed by atoms with Gasteiger partial charge in [0.05, 0.1) is 12.5 Å². The Morgan fingerprint density at radius 2 is 1.56 bits per heavy atom. The van der Waals surface area contributed by atoms with Crippen molar-refractivity contribution in [2.45, 2.75) is 6.10 Å². The summed E-state index contributed by atoms with van der Waals surface area (Å²) in [6, 6.07) is 8.10. The van der Waals surface area contributed by atoms with Crippen LogP contribution in [0.4, 0.5) is 0 Å². The second kappa shape index (κ2) is 6.37. The molecule has 2 aromatic carbocycles. The van der Waals surface area contributed by atoms with Gasteiger partial charge < -0.3 is 30.3 Å². The number of aliphatic hydroxyl groups excluding tert-OH is 1. The zero-order chi connectivity index (χ0) is 18.1. The largest absolute Gasteiger partial charge is 0.504 e. The van der Waals surface area contributed by atoms with Gasteiger partial charge in [-0.2, -0.15) is 0 Å². The Bertz CT molecular complexity index is 856. The van der Waals surface area contributed by atoms with Crippen LogP contribution in [0.2, 0.25) is 0 Å². The summed E-state index contributed by atoms with van der Waals surface area (Å²) in [6.45, 7) is -0.381. The van der Waals surface area contributed by atoms with Crippen LogP contribution >= 0.6 is 0 Å². The van der Waals surface area contributed by atoms with Gasteiger partial charge in [0.15, 0.2) is 23.0 Å². The molecule has 1 aliphatic heterocycles. The number of rotatable bonds is 3. The molecule has 130 valence electrons. The highest BCUT2D eigenvalue weighted by atomic mass is 16.6. The molecular weight excluding hydrogens is 328 g/mol. The lowest BCUT2D eigenvalue weighted by Gasteiger charge is -2.16. The van der Waals surface area contributed by atoms with Gasteiger partial charge in [-0.25, -0.2) is 4.79 Å². The minimum Gasteiger partial charge on any atom is -0.504 e. The molecule has 3 rings (SSSR count). The maximum absolute atomic E-state index is 12.2. The summed E-state index contributed by atoms with van der Waals surface area (Å²) in [7, 11) is 0. The van der Waals surface area contributed by atoms with Crippen LogP contribution in [0, 0.1) is 5.92 Å². The van der Waals surface area contributed by atoms with Gasteiger partial charge in [0.2, 0.25) is 0 Å². The standard InChI is InChI=1S/C18H16O7/c19-8-12-11(5-9-1-3-13(20)15(22)6-9)18(24)25-17(12)10-2-4-14(21)16(23)7-10/h1-7,12,17,19-23H,8H2/t12-,17+/m0/s1. The number of benzene rings is 2. The van der Waals surface area contributed by atoms with Crippen LogP contribution in [0.25, 0.3) is 6.08 Å². The van der Waals surface area contributed by atoms with Crippen molar-refractivity contribution in [1.29, 1.82) is 0 Å². The quantitative estimate of drug-likeness (QED) is 0.326. The SMILES string of the molecule is O=C1O[C@H](c2ccc(O)c(O)c2)[C@@H](CO)C1=Cc1ccc(O)c(O)c1. The number of phenols is 4. The summed E-state index contributed by atoms with van der Waals surface area (Å²) in [5.74, 6) is -2.60. The summed E-state index contributed by atoms with van der Waals surface area (Å²) in [4.78, 5) is 12.2. The molecule has 0 aliphatic carbocycles. The number of carbonyl (C=O) groups is 1. The Kier molecular flexibility index (Phi) is 4.24. The average molecular weight is 344 g/mol. The molecule has 1 fully saturated rings. The van der Waals surface area contributed by atoms with Crippen molar-refractivity contribution in [3.63, 3.8) is 0 Å². The number of phenolic OH excluding ortho intramolecular Hbond substituents is 4. The first-order valence-corrected chi connectivity index (χ1v) is 7.48. The molecule has 0 radical (unpaired) electrons. The topological polar surface area (TPSA) is 127 Å². The van der Waals surface area contributed by atoms with Gasteiger partial charge in [0.1, 0.15) is 6.10 Å². The van der Waals surface area contributed by atoms with Gasteiger partial charge in [0.25, 0.3) is 0 Å². The first-order chi connectivity index (χ1) is 11.9. The first-order valence-electron chi connectivity index (χ1n) is 7.48. The zero-order valence-corrected chi connectivity index (χ0v) is 13.0. The lowest BCUT2D eigenvalue weighted by atomic mass is 9.91. The number of ether oxygens (including phenoxy) is 1. The second-order valence-corrected chi connectivity index (χ2v) is 5.71. The van der Waals surface area contributed by atoms with E-state index in [1.807, 2.05) is 0 Å². The van der Waals surface area contributed by atoms with Gasteiger partial charge in [0, 0.05) is 5.57 Å². The van der Waals surface area contributed by atoms with E-state index in [4.69, 9.17) is 4.74 Å². The van der Waals surface area contributed by atoms with E-state index in [1.54, 1.807) is 0 Å². The van der Waals surface area contributed by atoms with Crippen LogP contribution in [0.5, 0.6) is 23.0 Å². The third-order valence-electron chi connectivity index (χ3n) is 4.08. The van der Waals surface area contributed by atoms with Crippen molar-refractivity contribution < 1.29 is 35.1 Å². The van der Waals surface area contributed by atoms with Crippen LogP contribution in [-0.4, -0.2) is 38.1 Å². The number of aromatic hydroxyl groups is 4. The van der Waals surface area contributed by atoms with E-state index in [2.05, 4.69) is 0 Å². The second-order valence-electron chi connectivity index (χ2n) is 5.71. The molecule has 0 amide bonds. The highest BCUT2D eigenvalue weighted by Gasteiger charge is 2.40. The minimum atomic E-state index is -0.819. The van der Waals surface area contributed by atoms with Crippen molar-refractivity contribution in [2.75, 3.05) is 6.61 Å². The molecule has 1 aliphatic rings. The Morgan fingerprint density at radius 3 is 2.16 bits per heavy atom. The smallest absolute Gasteiger partial charge is 0.335 e. The molecule has 1 saturated heterocycles. The third kappa shape index (κ3) is 3.09. The molecule has 0 saturated carbocycles. The monoisotopic (exact) mass is 344 g/mol. The van der Waals surface area contributed by atoms with Crippen LogP contribution < -0.4 is 0 Å². The van der Waals surface area contributed by atoms with E-state index in [1.165, 1.54) is 42.5 Å². The van der Waals surface area contributed by atoms with Crippen molar-refractivity contribution >= 4 is 12.0 Å². The van der Waals surface area contributed by atoms with E-state index in [-0.39, 0.29) is 35.2 Å². The number of esters is 1. The van der Waals surface area contributed by atoms with E-state index < -0.39 is 18.0 Å². The van der Waals surface area contributed by atoms with Crippen LogP contribution in [-0.2, 0) is 9.53 Å². The summed E-state index contributed by atoms with van der Waals surface area (Å²) >= 11 is 0. The summed E-state index contributed by atoms with van der Waals surface area (Å²) in [5, 5.41) is 47.6.